The lowest BCUT2D eigenvalue weighted by Gasteiger charge is -2.27. The predicted molar refractivity (Wildman–Crippen MR) is 102 cm³/mol. The van der Waals surface area contributed by atoms with E-state index in [0.29, 0.717) is 6.54 Å². The Morgan fingerprint density at radius 2 is 1.64 bits per heavy atom. The molecule has 2 rings (SSSR count). The van der Waals surface area contributed by atoms with Gasteiger partial charge < -0.3 is 10.2 Å². The summed E-state index contributed by atoms with van der Waals surface area (Å²) in [6.07, 6.45) is 4.08. The van der Waals surface area contributed by atoms with Gasteiger partial charge >= 0.3 is 0 Å². The van der Waals surface area contributed by atoms with Crippen LogP contribution in [-0.2, 0) is 9.59 Å². The molecule has 25 heavy (non-hydrogen) atoms. The van der Waals surface area contributed by atoms with Gasteiger partial charge in [0, 0.05) is 18.3 Å². The van der Waals surface area contributed by atoms with E-state index in [1.807, 2.05) is 67.6 Å². The van der Waals surface area contributed by atoms with E-state index in [4.69, 9.17) is 0 Å². The van der Waals surface area contributed by atoms with Crippen LogP contribution < -0.4 is 5.32 Å². The van der Waals surface area contributed by atoms with E-state index in [1.54, 1.807) is 17.9 Å². The van der Waals surface area contributed by atoms with Gasteiger partial charge in [-0.05, 0) is 37.1 Å². The van der Waals surface area contributed by atoms with Gasteiger partial charge in [0.25, 0.3) is 0 Å². The fraction of sp³-hybridized carbons (Fsp3) is 0.238. The van der Waals surface area contributed by atoms with Crippen LogP contribution in [0.4, 0.5) is 5.69 Å². The second-order valence-electron chi connectivity index (χ2n) is 5.81. The predicted octanol–water partition coefficient (Wildman–Crippen LogP) is 3.97. The zero-order valence-electron chi connectivity index (χ0n) is 14.7. The zero-order chi connectivity index (χ0) is 18.1. The van der Waals surface area contributed by atoms with Crippen molar-refractivity contribution in [3.63, 3.8) is 0 Å². The summed E-state index contributed by atoms with van der Waals surface area (Å²) < 4.78 is 0. The number of hydrogen-bond donors (Lipinski definition) is 1. The maximum absolute atomic E-state index is 12.6. The number of anilines is 1. The molecule has 1 atom stereocenters. The first-order chi connectivity index (χ1) is 12.1. The van der Waals surface area contributed by atoms with E-state index < -0.39 is 6.04 Å². The number of hydrogen-bond acceptors (Lipinski definition) is 2. The molecular weight excluding hydrogens is 312 g/mol. The molecule has 0 aromatic heterocycles. The summed E-state index contributed by atoms with van der Waals surface area (Å²) >= 11 is 0. The van der Waals surface area contributed by atoms with E-state index in [9.17, 15) is 9.59 Å². The van der Waals surface area contributed by atoms with Crippen molar-refractivity contribution in [2.75, 3.05) is 11.9 Å². The Balaban J connectivity index is 2.06. The molecule has 0 aliphatic heterocycles. The summed E-state index contributed by atoms with van der Waals surface area (Å²) in [5.41, 5.74) is 1.68. The Bertz CT molecular complexity index is 711. The van der Waals surface area contributed by atoms with Crippen molar-refractivity contribution in [3.8, 4) is 0 Å². The van der Waals surface area contributed by atoms with Gasteiger partial charge in [-0.1, -0.05) is 55.5 Å². The molecule has 0 spiro atoms. The molecular formula is C21H24N2O2. The van der Waals surface area contributed by atoms with Gasteiger partial charge in [0.1, 0.15) is 6.04 Å². The van der Waals surface area contributed by atoms with Crippen LogP contribution in [0.25, 0.3) is 6.08 Å². The maximum atomic E-state index is 12.6. The molecule has 0 heterocycles. The third-order valence-corrected chi connectivity index (χ3v) is 3.85. The first-order valence-corrected chi connectivity index (χ1v) is 8.51. The average molecular weight is 336 g/mol. The number of para-hydroxylation sites is 1. The topological polar surface area (TPSA) is 49.4 Å². The first kappa shape index (κ1) is 18.5. The van der Waals surface area contributed by atoms with Crippen LogP contribution in [0.15, 0.2) is 66.7 Å². The van der Waals surface area contributed by atoms with Crippen molar-refractivity contribution in [1.82, 2.24) is 4.90 Å². The molecule has 4 nitrogen and oxygen atoms in total. The normalized spacial score (nSPS) is 11.9. The molecule has 0 bridgehead atoms. The molecule has 0 aliphatic rings. The molecule has 130 valence electrons. The Hall–Kier alpha value is -2.88. The lowest BCUT2D eigenvalue weighted by atomic mass is 10.2. The van der Waals surface area contributed by atoms with E-state index in [2.05, 4.69) is 5.32 Å². The minimum atomic E-state index is -0.548. The highest BCUT2D eigenvalue weighted by Crippen LogP contribution is 2.10. The van der Waals surface area contributed by atoms with Crippen molar-refractivity contribution in [2.45, 2.75) is 26.3 Å². The summed E-state index contributed by atoms with van der Waals surface area (Å²) in [6.45, 7) is 4.27. The van der Waals surface area contributed by atoms with Crippen molar-refractivity contribution in [3.05, 3.63) is 72.3 Å². The largest absolute Gasteiger partial charge is 0.327 e. The summed E-state index contributed by atoms with van der Waals surface area (Å²) in [5, 5.41) is 2.85. The number of rotatable bonds is 7. The average Bonchev–Trinajstić information content (AvgIpc) is 2.65. The molecule has 2 aromatic rings. The fourth-order valence-electron chi connectivity index (χ4n) is 2.47. The van der Waals surface area contributed by atoms with Gasteiger partial charge in [0.05, 0.1) is 0 Å². The zero-order valence-corrected chi connectivity index (χ0v) is 14.7. The molecule has 0 aliphatic carbocycles. The van der Waals surface area contributed by atoms with Crippen LogP contribution in [-0.4, -0.2) is 29.3 Å². The van der Waals surface area contributed by atoms with Crippen LogP contribution >= 0.6 is 0 Å². The van der Waals surface area contributed by atoms with E-state index in [-0.39, 0.29) is 11.8 Å². The summed E-state index contributed by atoms with van der Waals surface area (Å²) in [6, 6.07) is 18.3. The van der Waals surface area contributed by atoms with Crippen LogP contribution in [0.5, 0.6) is 0 Å². The highest BCUT2D eigenvalue weighted by atomic mass is 16.2. The smallest absolute Gasteiger partial charge is 0.247 e. The summed E-state index contributed by atoms with van der Waals surface area (Å²) in [5.74, 6) is -0.359. The van der Waals surface area contributed by atoms with E-state index >= 15 is 0 Å². The van der Waals surface area contributed by atoms with Gasteiger partial charge in [-0.15, -0.1) is 0 Å². The molecule has 0 saturated heterocycles. The van der Waals surface area contributed by atoms with E-state index in [0.717, 1.165) is 17.7 Å². The van der Waals surface area contributed by atoms with Crippen LogP contribution in [0.1, 0.15) is 25.8 Å². The number of benzene rings is 2. The standard InChI is InChI=1S/C21H24N2O2/c1-3-16-23(20(24)15-14-18-10-6-4-7-11-18)17(2)21(25)22-19-12-8-5-9-13-19/h4-15,17H,3,16H2,1-2H3,(H,22,25)/b15-14+/t17-/m1/s1. The lowest BCUT2D eigenvalue weighted by Crippen LogP contribution is -2.45. The first-order valence-electron chi connectivity index (χ1n) is 8.51. The molecule has 0 fully saturated rings. The highest BCUT2D eigenvalue weighted by molar-refractivity contribution is 5.99. The third-order valence-electron chi connectivity index (χ3n) is 3.85. The molecule has 0 radical (unpaired) electrons. The Kier molecular flexibility index (Phi) is 6.96. The maximum Gasteiger partial charge on any atom is 0.247 e. The lowest BCUT2D eigenvalue weighted by molar-refractivity contribution is -0.134. The summed E-state index contributed by atoms with van der Waals surface area (Å²) in [4.78, 5) is 26.6. The van der Waals surface area contributed by atoms with Crippen molar-refractivity contribution < 1.29 is 9.59 Å². The Morgan fingerprint density at radius 3 is 2.24 bits per heavy atom. The third kappa shape index (κ3) is 5.60. The van der Waals surface area contributed by atoms with Crippen LogP contribution in [0, 0.1) is 0 Å². The second kappa shape index (κ2) is 9.42. The number of nitrogens with zero attached hydrogens (tertiary/aromatic N) is 1. The van der Waals surface area contributed by atoms with Crippen LogP contribution in [0.3, 0.4) is 0 Å². The molecule has 2 amide bonds. The van der Waals surface area contributed by atoms with E-state index in [1.165, 1.54) is 6.08 Å². The van der Waals surface area contributed by atoms with Crippen molar-refractivity contribution in [1.29, 1.82) is 0 Å². The number of nitrogens with one attached hydrogen (secondary N) is 1. The molecule has 2 aromatic carbocycles. The minimum absolute atomic E-state index is 0.165. The minimum Gasteiger partial charge on any atom is -0.327 e. The quantitative estimate of drug-likeness (QED) is 0.778. The van der Waals surface area contributed by atoms with Crippen molar-refractivity contribution in [2.24, 2.45) is 0 Å². The van der Waals surface area contributed by atoms with Gasteiger partial charge in [-0.25, -0.2) is 0 Å². The second-order valence-corrected chi connectivity index (χ2v) is 5.81. The molecule has 0 saturated carbocycles. The van der Waals surface area contributed by atoms with Crippen LogP contribution in [0.2, 0.25) is 0 Å². The van der Waals surface area contributed by atoms with Crippen molar-refractivity contribution >= 4 is 23.6 Å². The fourth-order valence-corrected chi connectivity index (χ4v) is 2.47. The number of carbonyl (C=O) groups is 2. The highest BCUT2D eigenvalue weighted by Gasteiger charge is 2.23. The molecule has 1 N–H and O–H groups in total. The van der Waals surface area contributed by atoms with Gasteiger partial charge in [-0.3, -0.25) is 9.59 Å². The number of carbonyl (C=O) groups excluding carboxylic acids is 2. The van der Waals surface area contributed by atoms with Gasteiger partial charge in [-0.2, -0.15) is 0 Å². The van der Waals surface area contributed by atoms with Gasteiger partial charge in [0.2, 0.25) is 11.8 Å². The Labute approximate surface area is 149 Å². The monoisotopic (exact) mass is 336 g/mol. The SMILES string of the molecule is CCCN(C(=O)/C=C/c1ccccc1)[C@H](C)C(=O)Nc1ccccc1. The Morgan fingerprint density at radius 1 is 1.04 bits per heavy atom. The molecule has 0 unspecified atom stereocenters. The summed E-state index contributed by atoms with van der Waals surface area (Å²) in [7, 11) is 0. The van der Waals surface area contributed by atoms with Gasteiger partial charge in [0.15, 0.2) is 0 Å². The number of amides is 2. The molecule has 4 heteroatoms.